The zero-order chi connectivity index (χ0) is 18.7. The summed E-state index contributed by atoms with van der Waals surface area (Å²) < 4.78 is 22.0. The lowest BCUT2D eigenvalue weighted by Gasteiger charge is -2.45. The predicted molar refractivity (Wildman–Crippen MR) is 99.6 cm³/mol. The van der Waals surface area contributed by atoms with Gasteiger partial charge >= 0.3 is 0 Å². The molecule has 28 heavy (non-hydrogen) atoms. The van der Waals surface area contributed by atoms with Crippen LogP contribution in [0, 0.1) is 11.8 Å². The summed E-state index contributed by atoms with van der Waals surface area (Å²) in [5.74, 6) is 3.41. The van der Waals surface area contributed by atoms with E-state index in [0.717, 1.165) is 53.4 Å². The second-order valence-corrected chi connectivity index (χ2v) is 7.89. The van der Waals surface area contributed by atoms with Crippen molar-refractivity contribution in [2.75, 3.05) is 13.6 Å². The van der Waals surface area contributed by atoms with E-state index in [1.165, 1.54) is 0 Å². The lowest BCUT2D eigenvalue weighted by Crippen LogP contribution is -2.50. The van der Waals surface area contributed by atoms with Crippen LogP contribution in [0.5, 0.6) is 23.0 Å². The van der Waals surface area contributed by atoms with Crippen LogP contribution in [0.15, 0.2) is 36.4 Å². The van der Waals surface area contributed by atoms with Crippen LogP contribution in [0.3, 0.4) is 0 Å². The molecule has 1 aliphatic carbocycles. The Bertz CT molecular complexity index is 884. The molecule has 4 aliphatic rings. The molecule has 3 aliphatic heterocycles. The highest BCUT2D eigenvalue weighted by Crippen LogP contribution is 2.48. The zero-order valence-electron chi connectivity index (χ0n) is 15.4. The second-order valence-electron chi connectivity index (χ2n) is 7.89. The molecule has 0 aromatic heterocycles. The van der Waals surface area contributed by atoms with E-state index < -0.39 is 0 Å². The molecule has 0 radical (unpaired) electrons. The van der Waals surface area contributed by atoms with Gasteiger partial charge in [0.1, 0.15) is 5.78 Å². The SMILES string of the molecule is O=C1[C@@H]2CCC[C@@H]1[C@H](c1ccc3c(c1)OCO3)N[C@@H]2c1ccc2c(c1)OCO2. The third kappa shape index (κ3) is 2.41. The second kappa shape index (κ2) is 6.14. The van der Waals surface area contributed by atoms with E-state index in [0.29, 0.717) is 5.78 Å². The number of hydrogen-bond acceptors (Lipinski definition) is 6. The van der Waals surface area contributed by atoms with Gasteiger partial charge < -0.3 is 24.3 Å². The number of carbonyl (C=O) groups is 1. The van der Waals surface area contributed by atoms with Crippen molar-refractivity contribution in [2.45, 2.75) is 31.3 Å². The van der Waals surface area contributed by atoms with Gasteiger partial charge in [-0.05, 0) is 48.2 Å². The molecule has 0 spiro atoms. The summed E-state index contributed by atoms with van der Waals surface area (Å²) in [5.41, 5.74) is 2.15. The number of piperidine rings is 1. The summed E-state index contributed by atoms with van der Waals surface area (Å²) in [7, 11) is 0. The van der Waals surface area contributed by atoms with E-state index in [-0.39, 0.29) is 37.5 Å². The van der Waals surface area contributed by atoms with Crippen LogP contribution in [-0.4, -0.2) is 19.4 Å². The Morgan fingerprint density at radius 3 is 1.75 bits per heavy atom. The summed E-state index contributed by atoms with van der Waals surface area (Å²) in [6.45, 7) is 0.502. The molecule has 1 N–H and O–H groups in total. The molecule has 6 rings (SSSR count). The van der Waals surface area contributed by atoms with Crippen molar-refractivity contribution in [3.63, 3.8) is 0 Å². The lowest BCUT2D eigenvalue weighted by atomic mass is 9.67. The van der Waals surface area contributed by atoms with Crippen LogP contribution >= 0.6 is 0 Å². The van der Waals surface area contributed by atoms with Crippen molar-refractivity contribution in [2.24, 2.45) is 11.8 Å². The van der Waals surface area contributed by atoms with Crippen LogP contribution in [0.25, 0.3) is 0 Å². The predicted octanol–water partition coefficient (Wildman–Crippen LogP) is 3.52. The maximum atomic E-state index is 13.3. The van der Waals surface area contributed by atoms with Gasteiger partial charge in [0.05, 0.1) is 0 Å². The molecule has 4 atom stereocenters. The first-order valence-corrected chi connectivity index (χ1v) is 9.87. The van der Waals surface area contributed by atoms with Crippen LogP contribution < -0.4 is 24.3 Å². The maximum Gasteiger partial charge on any atom is 0.231 e. The van der Waals surface area contributed by atoms with Gasteiger partial charge in [-0.15, -0.1) is 0 Å². The number of nitrogens with one attached hydrogen (secondary N) is 1. The van der Waals surface area contributed by atoms with Gasteiger partial charge in [0, 0.05) is 23.9 Å². The molecule has 0 amide bonds. The van der Waals surface area contributed by atoms with Crippen molar-refractivity contribution in [1.29, 1.82) is 0 Å². The van der Waals surface area contributed by atoms with E-state index >= 15 is 0 Å². The van der Waals surface area contributed by atoms with Crippen molar-refractivity contribution < 1.29 is 23.7 Å². The summed E-state index contributed by atoms with van der Waals surface area (Å²) in [5, 5.41) is 3.79. The first kappa shape index (κ1) is 16.2. The van der Waals surface area contributed by atoms with E-state index in [2.05, 4.69) is 5.32 Å². The number of carbonyl (C=O) groups excluding carboxylic acids is 1. The van der Waals surface area contributed by atoms with Gasteiger partial charge in [0.15, 0.2) is 23.0 Å². The zero-order valence-corrected chi connectivity index (χ0v) is 15.4. The molecular formula is C22H21NO5. The Kier molecular flexibility index (Phi) is 3.56. The largest absolute Gasteiger partial charge is 0.454 e. The van der Waals surface area contributed by atoms with E-state index in [4.69, 9.17) is 18.9 Å². The monoisotopic (exact) mass is 379 g/mol. The number of ether oxygens (including phenoxy) is 4. The molecule has 0 unspecified atom stereocenters. The molecule has 2 aromatic carbocycles. The third-order valence-corrected chi connectivity index (χ3v) is 6.44. The minimum atomic E-state index is -0.0334. The van der Waals surface area contributed by atoms with Gasteiger partial charge in [-0.3, -0.25) is 4.79 Å². The molecule has 2 fully saturated rings. The average Bonchev–Trinajstić information content (AvgIpc) is 3.36. The standard InChI is InChI=1S/C22H21NO5/c24-22-14-2-1-3-15(22)21(13-5-7-17-19(9-13)28-11-26-17)23-20(14)12-4-6-16-18(8-12)27-10-25-16/h4-9,14-15,20-21,23H,1-3,10-11H2/t14-,15-,20-,21+/m1/s1. The fourth-order valence-electron chi connectivity index (χ4n) is 5.08. The smallest absolute Gasteiger partial charge is 0.231 e. The van der Waals surface area contributed by atoms with E-state index in [1.54, 1.807) is 0 Å². The topological polar surface area (TPSA) is 66.0 Å². The summed E-state index contributed by atoms with van der Waals surface area (Å²) >= 11 is 0. The molecule has 144 valence electrons. The molecule has 1 saturated heterocycles. The molecule has 3 heterocycles. The number of hydrogen-bond donors (Lipinski definition) is 1. The van der Waals surface area contributed by atoms with Crippen molar-refractivity contribution in [3.8, 4) is 23.0 Å². The highest BCUT2D eigenvalue weighted by molar-refractivity contribution is 5.87. The van der Waals surface area contributed by atoms with Gasteiger partial charge in [-0.2, -0.15) is 0 Å². The van der Waals surface area contributed by atoms with E-state index in [1.807, 2.05) is 36.4 Å². The summed E-state index contributed by atoms with van der Waals surface area (Å²) in [4.78, 5) is 13.3. The Labute approximate surface area is 162 Å². The highest BCUT2D eigenvalue weighted by Gasteiger charge is 2.46. The van der Waals surface area contributed by atoms with Crippen LogP contribution in [0.2, 0.25) is 0 Å². The Hall–Kier alpha value is -2.73. The first-order valence-electron chi connectivity index (χ1n) is 9.87. The Balaban J connectivity index is 1.38. The molecule has 6 heteroatoms. The number of ketones is 1. The normalized spacial score (nSPS) is 29.8. The van der Waals surface area contributed by atoms with Gasteiger partial charge in [-0.25, -0.2) is 0 Å². The van der Waals surface area contributed by atoms with E-state index in [9.17, 15) is 4.79 Å². The summed E-state index contributed by atoms with van der Waals surface area (Å²) in [6, 6.07) is 11.9. The summed E-state index contributed by atoms with van der Waals surface area (Å²) in [6.07, 6.45) is 2.93. The molecular weight excluding hydrogens is 358 g/mol. The fraction of sp³-hybridized carbons (Fsp3) is 0.409. The number of rotatable bonds is 2. The minimum absolute atomic E-state index is 0.00406. The van der Waals surface area contributed by atoms with Crippen LogP contribution in [0.4, 0.5) is 0 Å². The van der Waals surface area contributed by atoms with Crippen LogP contribution in [-0.2, 0) is 4.79 Å². The molecule has 2 bridgehead atoms. The highest BCUT2D eigenvalue weighted by atomic mass is 16.7. The maximum absolute atomic E-state index is 13.3. The first-order chi connectivity index (χ1) is 13.8. The van der Waals surface area contributed by atoms with Crippen LogP contribution in [0.1, 0.15) is 42.5 Å². The molecule has 2 aromatic rings. The lowest BCUT2D eigenvalue weighted by molar-refractivity contribution is -0.135. The fourth-order valence-corrected chi connectivity index (χ4v) is 5.08. The quantitative estimate of drug-likeness (QED) is 0.861. The number of fused-ring (bicyclic) bond motifs is 4. The van der Waals surface area contributed by atoms with Gasteiger partial charge in [0.2, 0.25) is 13.6 Å². The Morgan fingerprint density at radius 2 is 1.21 bits per heavy atom. The van der Waals surface area contributed by atoms with Gasteiger partial charge in [-0.1, -0.05) is 18.6 Å². The minimum Gasteiger partial charge on any atom is -0.454 e. The number of benzene rings is 2. The average molecular weight is 379 g/mol. The third-order valence-electron chi connectivity index (χ3n) is 6.44. The molecule has 6 nitrogen and oxygen atoms in total. The van der Waals surface area contributed by atoms with Crippen molar-refractivity contribution >= 4 is 5.78 Å². The van der Waals surface area contributed by atoms with Crippen molar-refractivity contribution in [1.82, 2.24) is 5.32 Å². The molecule has 1 saturated carbocycles. The van der Waals surface area contributed by atoms with Gasteiger partial charge in [0.25, 0.3) is 0 Å². The number of Topliss-reactive ketones (excluding diaryl/α,β-unsaturated/α-hetero) is 1. The van der Waals surface area contributed by atoms with Crippen molar-refractivity contribution in [3.05, 3.63) is 47.5 Å². The Morgan fingerprint density at radius 1 is 0.714 bits per heavy atom.